The molecule has 1 heterocycles. The molecule has 0 spiro atoms. The van der Waals surface area contributed by atoms with Crippen LogP contribution in [0.1, 0.15) is 11.9 Å². The molecule has 0 radical (unpaired) electrons. The molecule has 1 fully saturated rings. The molecule has 0 amide bonds. The molecule has 1 saturated heterocycles. The van der Waals surface area contributed by atoms with Crippen LogP contribution in [-0.2, 0) is 9.47 Å². The van der Waals surface area contributed by atoms with Crippen molar-refractivity contribution in [2.24, 2.45) is 0 Å². The Kier molecular flexibility index (Phi) is 3.51. The molecule has 5 heteroatoms. The second kappa shape index (κ2) is 4.70. The Bertz CT molecular complexity index is 364. The second-order valence-electron chi connectivity index (χ2n) is 3.08. The average molecular weight is 294 g/mol. The van der Waals surface area contributed by atoms with Gasteiger partial charge in [0.15, 0.2) is 6.29 Å². The molecule has 82 valence electrons. The molecule has 1 aliphatic heterocycles. The van der Waals surface area contributed by atoms with Crippen LogP contribution in [0.2, 0.25) is 5.02 Å². The Morgan fingerprint density at radius 3 is 2.67 bits per heavy atom. The van der Waals surface area contributed by atoms with Crippen molar-refractivity contribution in [1.82, 2.24) is 0 Å². The summed E-state index contributed by atoms with van der Waals surface area (Å²) in [5, 5.41) is 0.543. The highest BCUT2D eigenvalue weighted by molar-refractivity contribution is 9.10. The van der Waals surface area contributed by atoms with Gasteiger partial charge in [0, 0.05) is 4.47 Å². The third kappa shape index (κ3) is 2.28. The van der Waals surface area contributed by atoms with Crippen LogP contribution in [0.25, 0.3) is 0 Å². The molecule has 1 aliphatic rings. The van der Waals surface area contributed by atoms with Gasteiger partial charge >= 0.3 is 0 Å². The maximum atomic E-state index is 6.05. The average Bonchev–Trinajstić information content (AvgIpc) is 2.69. The van der Waals surface area contributed by atoms with Gasteiger partial charge in [0.2, 0.25) is 0 Å². The lowest BCUT2D eigenvalue weighted by Gasteiger charge is -2.15. The predicted molar refractivity (Wildman–Crippen MR) is 60.3 cm³/mol. The quantitative estimate of drug-likeness (QED) is 0.838. The van der Waals surface area contributed by atoms with Crippen molar-refractivity contribution in [2.75, 3.05) is 20.3 Å². The predicted octanol–water partition coefficient (Wildman–Crippen LogP) is 3.16. The third-order valence-corrected chi connectivity index (χ3v) is 2.86. The minimum absolute atomic E-state index is 0.380. The zero-order chi connectivity index (χ0) is 10.8. The van der Waals surface area contributed by atoms with E-state index in [9.17, 15) is 0 Å². The first kappa shape index (κ1) is 11.2. The molecule has 1 aromatic carbocycles. The van der Waals surface area contributed by atoms with Crippen LogP contribution < -0.4 is 4.74 Å². The molecule has 0 bridgehead atoms. The number of hydrogen-bond acceptors (Lipinski definition) is 3. The van der Waals surface area contributed by atoms with Crippen LogP contribution in [0.15, 0.2) is 16.6 Å². The highest BCUT2D eigenvalue weighted by atomic mass is 79.9. The van der Waals surface area contributed by atoms with E-state index in [1.165, 1.54) is 0 Å². The molecule has 2 rings (SSSR count). The van der Waals surface area contributed by atoms with Crippen LogP contribution in [0.4, 0.5) is 0 Å². The first-order valence-electron chi connectivity index (χ1n) is 4.48. The Hall–Kier alpha value is -0.290. The van der Waals surface area contributed by atoms with Gasteiger partial charge in [0.25, 0.3) is 0 Å². The first-order chi connectivity index (χ1) is 7.22. The molecule has 1 aromatic rings. The number of hydrogen-bond donors (Lipinski definition) is 0. The summed E-state index contributed by atoms with van der Waals surface area (Å²) in [4.78, 5) is 0. The van der Waals surface area contributed by atoms with Crippen LogP contribution in [-0.4, -0.2) is 20.3 Å². The fourth-order valence-corrected chi connectivity index (χ4v) is 2.42. The molecule has 0 atom stereocenters. The summed E-state index contributed by atoms with van der Waals surface area (Å²) in [5.41, 5.74) is 0.814. The maximum Gasteiger partial charge on any atom is 0.187 e. The normalized spacial score (nSPS) is 17.0. The lowest BCUT2D eigenvalue weighted by atomic mass is 10.2. The zero-order valence-corrected chi connectivity index (χ0v) is 10.5. The van der Waals surface area contributed by atoms with Gasteiger partial charge in [-0.1, -0.05) is 27.5 Å². The standard InChI is InChI=1S/C10H10BrClO3/c1-13-9-7(10-14-2-3-15-10)4-6(11)5-8(9)12/h4-5,10H,2-3H2,1H3. The SMILES string of the molecule is COc1c(Cl)cc(Br)cc1C1OCCO1. The van der Waals surface area contributed by atoms with Gasteiger partial charge in [0.1, 0.15) is 5.75 Å². The lowest BCUT2D eigenvalue weighted by Crippen LogP contribution is -2.02. The fraction of sp³-hybridized carbons (Fsp3) is 0.400. The molecular weight excluding hydrogens is 283 g/mol. The number of methoxy groups -OCH3 is 1. The largest absolute Gasteiger partial charge is 0.495 e. The monoisotopic (exact) mass is 292 g/mol. The minimum Gasteiger partial charge on any atom is -0.495 e. The Balaban J connectivity index is 2.42. The maximum absolute atomic E-state index is 6.05. The number of ether oxygens (including phenoxy) is 3. The van der Waals surface area contributed by atoms with E-state index in [2.05, 4.69) is 15.9 Å². The molecule has 0 unspecified atom stereocenters. The summed E-state index contributed by atoms with van der Waals surface area (Å²) in [5.74, 6) is 0.603. The van der Waals surface area contributed by atoms with Crippen molar-refractivity contribution in [3.05, 3.63) is 27.2 Å². The van der Waals surface area contributed by atoms with Crippen LogP contribution in [0, 0.1) is 0 Å². The van der Waals surface area contributed by atoms with Gasteiger partial charge < -0.3 is 14.2 Å². The summed E-state index contributed by atoms with van der Waals surface area (Å²) in [6.45, 7) is 1.19. The van der Waals surface area contributed by atoms with E-state index in [4.69, 9.17) is 25.8 Å². The van der Waals surface area contributed by atoms with Crippen molar-refractivity contribution in [3.63, 3.8) is 0 Å². The van der Waals surface area contributed by atoms with E-state index in [-0.39, 0.29) is 6.29 Å². The van der Waals surface area contributed by atoms with Gasteiger partial charge in [-0.2, -0.15) is 0 Å². The molecule has 15 heavy (non-hydrogen) atoms. The summed E-state index contributed by atoms with van der Waals surface area (Å²) in [6.07, 6.45) is -0.380. The molecular formula is C10H10BrClO3. The topological polar surface area (TPSA) is 27.7 Å². The number of rotatable bonds is 2. The zero-order valence-electron chi connectivity index (χ0n) is 8.13. The van der Waals surface area contributed by atoms with E-state index in [0.717, 1.165) is 10.0 Å². The summed E-state index contributed by atoms with van der Waals surface area (Å²) >= 11 is 9.42. The smallest absolute Gasteiger partial charge is 0.187 e. The molecule has 0 saturated carbocycles. The van der Waals surface area contributed by atoms with Crippen molar-refractivity contribution < 1.29 is 14.2 Å². The lowest BCUT2D eigenvalue weighted by molar-refractivity contribution is -0.0455. The Morgan fingerprint density at radius 2 is 2.07 bits per heavy atom. The minimum atomic E-state index is -0.380. The molecule has 0 aliphatic carbocycles. The van der Waals surface area contributed by atoms with Crippen molar-refractivity contribution in [1.29, 1.82) is 0 Å². The van der Waals surface area contributed by atoms with E-state index < -0.39 is 0 Å². The highest BCUT2D eigenvalue weighted by Crippen LogP contribution is 2.38. The third-order valence-electron chi connectivity index (χ3n) is 2.12. The molecule has 0 N–H and O–H groups in total. The summed E-state index contributed by atoms with van der Waals surface area (Å²) in [6, 6.07) is 3.67. The van der Waals surface area contributed by atoms with Crippen molar-refractivity contribution in [3.8, 4) is 5.75 Å². The van der Waals surface area contributed by atoms with Crippen LogP contribution in [0.3, 0.4) is 0 Å². The summed E-state index contributed by atoms with van der Waals surface area (Å²) < 4.78 is 16.9. The van der Waals surface area contributed by atoms with E-state index in [0.29, 0.717) is 24.0 Å². The van der Waals surface area contributed by atoms with Gasteiger partial charge in [0.05, 0.1) is 30.9 Å². The van der Waals surface area contributed by atoms with Crippen LogP contribution >= 0.6 is 27.5 Å². The Labute approximate surface area is 101 Å². The van der Waals surface area contributed by atoms with Crippen LogP contribution in [0.5, 0.6) is 5.75 Å². The van der Waals surface area contributed by atoms with Crippen molar-refractivity contribution in [2.45, 2.75) is 6.29 Å². The first-order valence-corrected chi connectivity index (χ1v) is 5.65. The highest BCUT2D eigenvalue weighted by Gasteiger charge is 2.24. The second-order valence-corrected chi connectivity index (χ2v) is 4.41. The summed E-state index contributed by atoms with van der Waals surface area (Å²) in [7, 11) is 1.58. The van der Waals surface area contributed by atoms with Gasteiger partial charge in [-0.05, 0) is 12.1 Å². The fourth-order valence-electron chi connectivity index (χ4n) is 1.51. The van der Waals surface area contributed by atoms with Gasteiger partial charge in [-0.15, -0.1) is 0 Å². The number of halogens is 2. The number of benzene rings is 1. The molecule has 0 aromatic heterocycles. The van der Waals surface area contributed by atoms with Gasteiger partial charge in [-0.25, -0.2) is 0 Å². The molecule has 3 nitrogen and oxygen atoms in total. The van der Waals surface area contributed by atoms with E-state index in [1.807, 2.05) is 6.07 Å². The van der Waals surface area contributed by atoms with E-state index in [1.54, 1.807) is 13.2 Å². The van der Waals surface area contributed by atoms with Gasteiger partial charge in [-0.3, -0.25) is 0 Å². The van der Waals surface area contributed by atoms with Crippen molar-refractivity contribution >= 4 is 27.5 Å². The Morgan fingerprint density at radius 1 is 1.40 bits per heavy atom. The van der Waals surface area contributed by atoms with E-state index >= 15 is 0 Å².